The van der Waals surface area contributed by atoms with Gasteiger partial charge in [0.1, 0.15) is 4.83 Å². The molecule has 4 nitrogen and oxygen atoms in total. The standard InChI is InChI=1S/C12H16N2O2S3/c1-6(19(4)16)5-14-11(15)9-7(2)8(3)18-10(9)13-12(14)17/h6H,5H2,1-4H3,(H,13,17). The number of aromatic nitrogens is 2. The highest BCUT2D eigenvalue weighted by atomic mass is 32.2. The summed E-state index contributed by atoms with van der Waals surface area (Å²) in [6.07, 6.45) is 1.64. The molecule has 2 aromatic rings. The maximum atomic E-state index is 12.5. The minimum Gasteiger partial charge on any atom is -0.323 e. The Labute approximate surface area is 122 Å². The van der Waals surface area contributed by atoms with Crippen molar-refractivity contribution in [3.63, 3.8) is 0 Å². The van der Waals surface area contributed by atoms with Crippen LogP contribution in [0.1, 0.15) is 17.4 Å². The third kappa shape index (κ3) is 2.59. The molecule has 0 radical (unpaired) electrons. The van der Waals surface area contributed by atoms with Crippen molar-refractivity contribution < 1.29 is 4.21 Å². The number of hydrogen-bond acceptors (Lipinski definition) is 4. The number of rotatable bonds is 3. The Kier molecular flexibility index (Phi) is 4.08. The molecule has 0 aliphatic carbocycles. The molecule has 19 heavy (non-hydrogen) atoms. The van der Waals surface area contributed by atoms with Crippen molar-refractivity contribution in [2.24, 2.45) is 0 Å². The molecule has 2 aromatic heterocycles. The molecule has 0 saturated heterocycles. The van der Waals surface area contributed by atoms with E-state index >= 15 is 0 Å². The lowest BCUT2D eigenvalue weighted by Crippen LogP contribution is -2.28. The topological polar surface area (TPSA) is 54.9 Å². The molecule has 104 valence electrons. The van der Waals surface area contributed by atoms with Gasteiger partial charge in [-0.25, -0.2) is 0 Å². The van der Waals surface area contributed by atoms with E-state index in [1.807, 2.05) is 20.8 Å². The average molecular weight is 316 g/mol. The molecule has 2 heterocycles. The van der Waals surface area contributed by atoms with Gasteiger partial charge in [-0.15, -0.1) is 11.3 Å². The van der Waals surface area contributed by atoms with E-state index in [0.717, 1.165) is 15.3 Å². The van der Waals surface area contributed by atoms with Gasteiger partial charge in [0, 0.05) is 33.7 Å². The van der Waals surface area contributed by atoms with Crippen molar-refractivity contribution in [1.82, 2.24) is 9.55 Å². The molecular formula is C12H16N2O2S3. The summed E-state index contributed by atoms with van der Waals surface area (Å²) < 4.78 is 13.4. The van der Waals surface area contributed by atoms with Crippen molar-refractivity contribution >= 4 is 44.6 Å². The monoisotopic (exact) mass is 316 g/mol. The fourth-order valence-electron chi connectivity index (χ4n) is 1.89. The molecule has 0 aliphatic rings. The van der Waals surface area contributed by atoms with E-state index in [9.17, 15) is 9.00 Å². The molecule has 2 atom stereocenters. The molecule has 2 unspecified atom stereocenters. The Morgan fingerprint density at radius 3 is 2.68 bits per heavy atom. The zero-order valence-electron chi connectivity index (χ0n) is 11.3. The van der Waals surface area contributed by atoms with Crippen LogP contribution < -0.4 is 5.56 Å². The lowest BCUT2D eigenvalue weighted by atomic mass is 10.2. The summed E-state index contributed by atoms with van der Waals surface area (Å²) >= 11 is 6.78. The number of nitrogens with zero attached hydrogens (tertiary/aromatic N) is 1. The van der Waals surface area contributed by atoms with Crippen LogP contribution in [0.2, 0.25) is 0 Å². The fraction of sp³-hybridized carbons (Fsp3) is 0.500. The maximum absolute atomic E-state index is 12.5. The SMILES string of the molecule is Cc1sc2[nH]c(=S)n(CC(C)S(C)=O)c(=O)c2c1C. The van der Waals surface area contributed by atoms with Crippen LogP contribution in [0.4, 0.5) is 0 Å². The van der Waals surface area contributed by atoms with Gasteiger partial charge in [0.2, 0.25) is 0 Å². The first-order valence-corrected chi connectivity index (χ1v) is 8.72. The Morgan fingerprint density at radius 1 is 1.47 bits per heavy atom. The van der Waals surface area contributed by atoms with Gasteiger partial charge >= 0.3 is 0 Å². The molecule has 0 fully saturated rings. The van der Waals surface area contributed by atoms with Gasteiger partial charge in [-0.2, -0.15) is 0 Å². The number of H-pyrrole nitrogens is 1. The first-order valence-electron chi connectivity index (χ1n) is 5.88. The van der Waals surface area contributed by atoms with Crippen LogP contribution in [-0.2, 0) is 17.3 Å². The molecule has 2 rings (SSSR count). The molecule has 7 heteroatoms. The quantitative estimate of drug-likeness (QED) is 0.885. The summed E-state index contributed by atoms with van der Waals surface area (Å²) in [4.78, 5) is 17.6. The van der Waals surface area contributed by atoms with Gasteiger partial charge in [-0.3, -0.25) is 13.6 Å². The van der Waals surface area contributed by atoms with Gasteiger partial charge in [0.15, 0.2) is 4.77 Å². The van der Waals surface area contributed by atoms with Gasteiger partial charge in [-0.05, 0) is 38.6 Å². The summed E-state index contributed by atoms with van der Waals surface area (Å²) in [5, 5.41) is 0.593. The maximum Gasteiger partial charge on any atom is 0.263 e. The second-order valence-corrected chi connectivity index (χ2v) is 8.06. The van der Waals surface area contributed by atoms with Crippen molar-refractivity contribution in [2.45, 2.75) is 32.6 Å². The predicted octanol–water partition coefficient (Wildman–Crippen LogP) is 2.50. The van der Waals surface area contributed by atoms with Crippen LogP contribution in [-0.4, -0.2) is 25.3 Å². The summed E-state index contributed by atoms with van der Waals surface area (Å²) in [6.45, 7) is 6.16. The van der Waals surface area contributed by atoms with Crippen LogP contribution in [0.25, 0.3) is 10.2 Å². The summed E-state index contributed by atoms with van der Waals surface area (Å²) in [5.74, 6) is 0. The van der Waals surface area contributed by atoms with E-state index in [1.165, 1.54) is 4.57 Å². The normalized spacial score (nSPS) is 14.7. The number of fused-ring (bicyclic) bond motifs is 1. The minimum absolute atomic E-state index is 0.0853. The fourth-order valence-corrected chi connectivity index (χ4v) is 3.63. The van der Waals surface area contributed by atoms with Gasteiger partial charge in [-0.1, -0.05) is 0 Å². The van der Waals surface area contributed by atoms with E-state index in [0.29, 0.717) is 16.7 Å². The zero-order valence-corrected chi connectivity index (χ0v) is 13.7. The first kappa shape index (κ1) is 14.6. The van der Waals surface area contributed by atoms with E-state index in [-0.39, 0.29) is 10.8 Å². The highest BCUT2D eigenvalue weighted by Crippen LogP contribution is 2.25. The largest absolute Gasteiger partial charge is 0.323 e. The highest BCUT2D eigenvalue weighted by molar-refractivity contribution is 7.84. The van der Waals surface area contributed by atoms with Crippen LogP contribution in [0.5, 0.6) is 0 Å². The third-order valence-corrected chi connectivity index (χ3v) is 6.04. The van der Waals surface area contributed by atoms with E-state index in [2.05, 4.69) is 4.98 Å². The molecule has 0 aliphatic heterocycles. The molecule has 1 N–H and O–H groups in total. The van der Waals surface area contributed by atoms with Crippen LogP contribution >= 0.6 is 23.6 Å². The Hall–Kier alpha value is -0.790. The van der Waals surface area contributed by atoms with Crippen LogP contribution in [0.15, 0.2) is 4.79 Å². The van der Waals surface area contributed by atoms with Crippen molar-refractivity contribution in [3.05, 3.63) is 25.6 Å². The number of aryl methyl sites for hydroxylation is 2. The van der Waals surface area contributed by atoms with Crippen molar-refractivity contribution in [3.8, 4) is 0 Å². The summed E-state index contributed by atoms with van der Waals surface area (Å²) in [7, 11) is -0.979. The lowest BCUT2D eigenvalue weighted by molar-refractivity contribution is 0.622. The van der Waals surface area contributed by atoms with E-state index in [1.54, 1.807) is 17.6 Å². The molecule has 0 spiro atoms. The lowest BCUT2D eigenvalue weighted by Gasteiger charge is -2.11. The highest BCUT2D eigenvalue weighted by Gasteiger charge is 2.15. The summed E-state index contributed by atoms with van der Waals surface area (Å²) in [5.41, 5.74) is 0.910. The Morgan fingerprint density at radius 2 is 2.11 bits per heavy atom. The average Bonchev–Trinajstić information content (AvgIpc) is 2.59. The van der Waals surface area contributed by atoms with Gasteiger partial charge < -0.3 is 4.98 Å². The van der Waals surface area contributed by atoms with E-state index in [4.69, 9.17) is 12.2 Å². The summed E-state index contributed by atoms with van der Waals surface area (Å²) in [6, 6.07) is 0. The second kappa shape index (κ2) is 5.30. The predicted molar refractivity (Wildman–Crippen MR) is 84.3 cm³/mol. The van der Waals surface area contributed by atoms with Crippen LogP contribution in [0, 0.1) is 18.6 Å². The molecular weight excluding hydrogens is 300 g/mol. The molecule has 0 saturated carbocycles. The van der Waals surface area contributed by atoms with E-state index < -0.39 is 10.8 Å². The van der Waals surface area contributed by atoms with Gasteiger partial charge in [0.05, 0.1) is 5.39 Å². The first-order chi connectivity index (χ1) is 8.82. The number of aromatic amines is 1. The Bertz CT molecular complexity index is 770. The third-order valence-electron chi connectivity index (χ3n) is 3.32. The van der Waals surface area contributed by atoms with Gasteiger partial charge in [0.25, 0.3) is 5.56 Å². The number of nitrogens with one attached hydrogen (secondary N) is 1. The van der Waals surface area contributed by atoms with Crippen LogP contribution in [0.3, 0.4) is 0 Å². The van der Waals surface area contributed by atoms with Crippen molar-refractivity contribution in [1.29, 1.82) is 0 Å². The molecule has 0 bridgehead atoms. The Balaban J connectivity index is 2.69. The zero-order chi connectivity index (χ0) is 14.3. The van der Waals surface area contributed by atoms with Crippen molar-refractivity contribution in [2.75, 3.05) is 6.26 Å². The number of thiophene rings is 1. The number of hydrogen-bond donors (Lipinski definition) is 1. The molecule has 0 amide bonds. The smallest absolute Gasteiger partial charge is 0.263 e. The second-order valence-electron chi connectivity index (χ2n) is 4.64. The molecule has 0 aromatic carbocycles. The minimum atomic E-state index is -0.979.